The normalized spacial score (nSPS) is 25.0. The van der Waals surface area contributed by atoms with Gasteiger partial charge in [-0.05, 0) is 116 Å². The Hall–Kier alpha value is -5.71. The quantitative estimate of drug-likeness (QED) is 0.155. The van der Waals surface area contributed by atoms with E-state index in [-0.39, 0.29) is 43.4 Å². The second kappa shape index (κ2) is 16.8. The lowest BCUT2D eigenvalue weighted by Crippen LogP contribution is -2.58. The number of alkyl carbamates (subject to hydrolysis) is 1. The third kappa shape index (κ3) is 9.34. The van der Waals surface area contributed by atoms with Crippen LogP contribution >= 0.6 is 0 Å². The summed E-state index contributed by atoms with van der Waals surface area (Å²) in [7, 11) is -4.03. The summed E-state index contributed by atoms with van der Waals surface area (Å²) in [6.45, 7) is 10.6. The Morgan fingerprint density at radius 3 is 2.48 bits per heavy atom. The van der Waals surface area contributed by atoms with Crippen LogP contribution in [-0.2, 0) is 29.1 Å². The maximum Gasteiger partial charge on any atom is 0.408 e. The number of rotatable bonds is 9. The van der Waals surface area contributed by atoms with Gasteiger partial charge in [0.05, 0.1) is 17.4 Å². The predicted molar refractivity (Wildman–Crippen MR) is 234 cm³/mol. The largest absolute Gasteiger partial charge is 0.491 e. The summed E-state index contributed by atoms with van der Waals surface area (Å²) in [6, 6.07) is 12.5. The molecule has 4 heterocycles. The van der Waals surface area contributed by atoms with Crippen LogP contribution in [0.3, 0.4) is 0 Å². The number of nitrogens with one attached hydrogen (secondary N) is 3. The number of furan rings is 1. The van der Waals surface area contributed by atoms with Crippen LogP contribution in [-0.4, -0.2) is 93.8 Å². The Morgan fingerprint density at radius 1 is 1.02 bits per heavy atom. The van der Waals surface area contributed by atoms with Gasteiger partial charge in [0.15, 0.2) is 5.82 Å². The van der Waals surface area contributed by atoms with Gasteiger partial charge in [0, 0.05) is 23.3 Å². The molecular weight excluding hydrogens is 829 g/mol. The molecule has 336 valence electrons. The van der Waals surface area contributed by atoms with Crippen molar-refractivity contribution in [3.05, 3.63) is 60.7 Å². The van der Waals surface area contributed by atoms with Gasteiger partial charge in [0.1, 0.15) is 46.2 Å². The first-order valence-electron chi connectivity index (χ1n) is 21.8. The van der Waals surface area contributed by atoms with Crippen LogP contribution in [0.2, 0.25) is 0 Å². The van der Waals surface area contributed by atoms with Gasteiger partial charge in [-0.2, -0.15) is 4.98 Å². The molecule has 2 aliphatic heterocycles. The van der Waals surface area contributed by atoms with E-state index in [0.29, 0.717) is 53.9 Å². The molecule has 2 aromatic carbocycles. The molecule has 0 bridgehead atoms. The van der Waals surface area contributed by atoms with E-state index in [9.17, 15) is 27.6 Å². The first-order valence-corrected chi connectivity index (χ1v) is 23.3. The third-order valence-corrected chi connectivity index (χ3v) is 14.3. The Balaban J connectivity index is 1.14. The van der Waals surface area contributed by atoms with Crippen molar-refractivity contribution < 1.29 is 46.2 Å². The van der Waals surface area contributed by atoms with Crippen molar-refractivity contribution in [3.8, 4) is 23.0 Å². The molecule has 8 rings (SSSR count). The highest BCUT2D eigenvalue weighted by atomic mass is 32.2. The standard InChI is InChI=1S/C46H56N6O10S/c1-27(2)59-30-20-18-28(19-21-30)38-48-36-32-15-12-13-17-35(32)61-37(36)40(49-38)60-31-24-34-39(53)50-46(42(55)51-63(57,58)45(6)22-23-45)25-29(46)14-10-8-7-9-11-16-33(41(54)52(34)26-31)47-43(56)62-44(3,4)5/h10,12-15,17-21,27,29,31,33-34H,7-9,11,16,22-26H2,1-6H3,(H,47,56)(H,50,53)(H,51,55)/t29-,31-,33+,34+,46-/m1/s1. The van der Waals surface area contributed by atoms with Crippen molar-refractivity contribution in [3.63, 3.8) is 0 Å². The fourth-order valence-electron chi connectivity index (χ4n) is 8.28. The molecule has 17 heteroatoms. The van der Waals surface area contributed by atoms with E-state index in [4.69, 9.17) is 28.6 Å². The van der Waals surface area contributed by atoms with Gasteiger partial charge < -0.3 is 34.2 Å². The number of allylic oxidation sites excluding steroid dienone is 1. The van der Waals surface area contributed by atoms with Crippen LogP contribution in [0.1, 0.15) is 99.3 Å². The maximum absolute atomic E-state index is 14.8. The third-order valence-electron chi connectivity index (χ3n) is 12.1. The van der Waals surface area contributed by atoms with Gasteiger partial charge in [-0.15, -0.1) is 0 Å². The van der Waals surface area contributed by atoms with Crippen molar-refractivity contribution in [2.24, 2.45) is 5.92 Å². The topological polar surface area (TPSA) is 208 Å². The molecule has 63 heavy (non-hydrogen) atoms. The molecule has 0 unspecified atom stereocenters. The first-order chi connectivity index (χ1) is 29.8. The van der Waals surface area contributed by atoms with E-state index in [1.54, 1.807) is 27.7 Å². The first kappa shape index (κ1) is 43.9. The Labute approximate surface area is 366 Å². The average molecular weight is 885 g/mol. The predicted octanol–water partition coefficient (Wildman–Crippen LogP) is 6.47. The van der Waals surface area contributed by atoms with Gasteiger partial charge in [0.2, 0.25) is 27.4 Å². The summed E-state index contributed by atoms with van der Waals surface area (Å²) in [5.41, 5.74) is -0.376. The number of benzene rings is 2. The number of fused-ring (bicyclic) bond motifs is 5. The minimum Gasteiger partial charge on any atom is -0.491 e. The number of nitrogens with zero attached hydrogens (tertiary/aromatic N) is 3. The number of carbonyl (C=O) groups excluding carboxylic acids is 4. The smallest absolute Gasteiger partial charge is 0.408 e. The molecule has 0 radical (unpaired) electrons. The average Bonchev–Trinajstić information content (AvgIpc) is 4.04. The molecule has 3 N–H and O–H groups in total. The van der Waals surface area contributed by atoms with E-state index >= 15 is 0 Å². The monoisotopic (exact) mass is 884 g/mol. The number of ether oxygens (including phenoxy) is 3. The summed E-state index contributed by atoms with van der Waals surface area (Å²) in [5, 5.41) is 6.40. The van der Waals surface area contributed by atoms with Crippen LogP contribution in [0.25, 0.3) is 33.5 Å². The maximum atomic E-state index is 14.8. The number of hydrogen-bond acceptors (Lipinski definition) is 12. The van der Waals surface area contributed by atoms with Crippen LogP contribution < -0.4 is 24.8 Å². The molecule has 2 aliphatic carbocycles. The van der Waals surface area contributed by atoms with Gasteiger partial charge in [-0.25, -0.2) is 18.2 Å². The Kier molecular flexibility index (Phi) is 11.7. The molecular formula is C46H56N6O10S. The summed E-state index contributed by atoms with van der Waals surface area (Å²) in [6.07, 6.45) is 6.21. The fourth-order valence-corrected chi connectivity index (χ4v) is 9.60. The van der Waals surface area contributed by atoms with E-state index < -0.39 is 73.8 Å². The van der Waals surface area contributed by atoms with Crippen LogP contribution in [0.15, 0.2) is 65.1 Å². The minimum atomic E-state index is -4.03. The van der Waals surface area contributed by atoms with Crippen molar-refractivity contribution in [2.45, 2.75) is 140 Å². The highest BCUT2D eigenvalue weighted by Gasteiger charge is 2.63. The number of amides is 4. The van der Waals surface area contributed by atoms with Gasteiger partial charge in [-0.3, -0.25) is 19.1 Å². The number of sulfonamides is 1. The highest BCUT2D eigenvalue weighted by molar-refractivity contribution is 7.91. The molecule has 2 saturated carbocycles. The fraction of sp³-hybridized carbons (Fsp3) is 0.522. The van der Waals surface area contributed by atoms with E-state index in [1.807, 2.05) is 74.5 Å². The molecule has 16 nitrogen and oxygen atoms in total. The molecule has 4 aromatic rings. The Bertz CT molecular complexity index is 2560. The zero-order valence-electron chi connectivity index (χ0n) is 36.6. The van der Waals surface area contributed by atoms with E-state index in [0.717, 1.165) is 18.2 Å². The number of aromatic nitrogens is 2. The molecule has 5 atom stereocenters. The summed E-state index contributed by atoms with van der Waals surface area (Å²) in [5.74, 6) is -1.36. The number of para-hydroxylation sites is 1. The van der Waals surface area contributed by atoms with E-state index in [1.165, 1.54) is 4.90 Å². The molecule has 4 aliphatic rings. The lowest BCUT2D eigenvalue weighted by molar-refractivity contribution is -0.141. The van der Waals surface area contributed by atoms with Crippen LogP contribution in [0, 0.1) is 5.92 Å². The Morgan fingerprint density at radius 2 is 1.76 bits per heavy atom. The van der Waals surface area contributed by atoms with Gasteiger partial charge in [-0.1, -0.05) is 37.1 Å². The molecule has 3 fully saturated rings. The van der Waals surface area contributed by atoms with Gasteiger partial charge >= 0.3 is 6.09 Å². The molecule has 4 amide bonds. The highest BCUT2D eigenvalue weighted by Crippen LogP contribution is 2.48. The molecule has 1 saturated heterocycles. The van der Waals surface area contributed by atoms with Crippen molar-refractivity contribution >= 4 is 55.9 Å². The van der Waals surface area contributed by atoms with Crippen LogP contribution in [0.5, 0.6) is 11.6 Å². The zero-order valence-corrected chi connectivity index (χ0v) is 37.4. The van der Waals surface area contributed by atoms with Crippen molar-refractivity contribution in [2.75, 3.05) is 6.54 Å². The van der Waals surface area contributed by atoms with Crippen molar-refractivity contribution in [1.82, 2.24) is 30.2 Å². The van der Waals surface area contributed by atoms with Crippen LogP contribution in [0.4, 0.5) is 4.79 Å². The molecule has 0 spiro atoms. The summed E-state index contributed by atoms with van der Waals surface area (Å²) < 4.78 is 52.1. The summed E-state index contributed by atoms with van der Waals surface area (Å²) >= 11 is 0. The van der Waals surface area contributed by atoms with Gasteiger partial charge in [0.25, 0.3) is 11.8 Å². The lowest BCUT2D eigenvalue weighted by Gasteiger charge is -2.30. The van der Waals surface area contributed by atoms with E-state index in [2.05, 4.69) is 15.4 Å². The SMILES string of the molecule is CC(C)Oc1ccc(-c2nc(O[C@@H]3C[C@H]4C(=O)N[C@]5(C(=O)NS(=O)(=O)C6(C)CC6)C[C@H]5C=CCCCCC[C@H](NC(=O)OC(C)(C)C)C(=O)N4C3)c3oc4ccccc4c3n2)cc1. The lowest BCUT2D eigenvalue weighted by atomic mass is 10.0. The number of carbonyl (C=O) groups is 4. The minimum absolute atomic E-state index is 0.0176. The summed E-state index contributed by atoms with van der Waals surface area (Å²) in [4.78, 5) is 67.8. The second-order valence-corrected chi connectivity index (χ2v) is 20.9. The molecule has 2 aromatic heterocycles. The second-order valence-electron chi connectivity index (χ2n) is 18.7. The number of hydrogen-bond donors (Lipinski definition) is 3. The van der Waals surface area contributed by atoms with Crippen molar-refractivity contribution in [1.29, 1.82) is 0 Å². The zero-order chi connectivity index (χ0) is 44.9.